The van der Waals surface area contributed by atoms with E-state index < -0.39 is 36.0 Å². The fourth-order valence-electron chi connectivity index (χ4n) is 5.69. The maximum absolute atomic E-state index is 13.7. The summed E-state index contributed by atoms with van der Waals surface area (Å²) < 4.78 is 0. The highest BCUT2D eigenvalue weighted by Crippen LogP contribution is 2.24. The average molecular weight is 588 g/mol. The molecule has 2 saturated heterocycles. The van der Waals surface area contributed by atoms with Crippen LogP contribution in [0.3, 0.4) is 0 Å². The Labute approximate surface area is 249 Å². The maximum Gasteiger partial charge on any atom is 0.249 e. The van der Waals surface area contributed by atoms with Crippen LogP contribution >= 0.6 is 0 Å². The molecular weight excluding hydrogens is 550 g/mol. The molecule has 0 radical (unpaired) electrons. The molecule has 0 unspecified atom stereocenters. The van der Waals surface area contributed by atoms with E-state index in [1.807, 2.05) is 60.7 Å². The van der Waals surface area contributed by atoms with Crippen LogP contribution < -0.4 is 27.0 Å². The number of aromatic nitrogens is 1. The summed E-state index contributed by atoms with van der Waals surface area (Å²) in [4.78, 5) is 57.7. The lowest BCUT2D eigenvalue weighted by Gasteiger charge is -2.26. The molecule has 3 heterocycles. The average Bonchev–Trinajstić information content (AvgIpc) is 3.67. The zero-order valence-corrected chi connectivity index (χ0v) is 23.7. The van der Waals surface area contributed by atoms with Crippen molar-refractivity contribution < 1.29 is 24.3 Å². The predicted molar refractivity (Wildman–Crippen MR) is 161 cm³/mol. The smallest absolute Gasteiger partial charge is 0.249 e. The molecule has 0 aliphatic carbocycles. The molecule has 1 aromatic heterocycles. The third-order valence-corrected chi connectivity index (χ3v) is 7.92. The molecule has 4 amide bonds. The summed E-state index contributed by atoms with van der Waals surface area (Å²) in [7, 11) is 0. The first-order valence-corrected chi connectivity index (χ1v) is 14.5. The Balaban J connectivity index is 1.26. The van der Waals surface area contributed by atoms with Gasteiger partial charge in [0.1, 0.15) is 12.1 Å². The number of anilines is 1. The molecule has 0 bridgehead atoms. The Kier molecular flexibility index (Phi) is 9.60. The first kappa shape index (κ1) is 30.1. The highest BCUT2D eigenvalue weighted by atomic mass is 16.3. The molecule has 2 aliphatic rings. The number of fused-ring (bicyclic) bond motifs is 1. The van der Waals surface area contributed by atoms with Crippen LogP contribution in [0.25, 0.3) is 10.9 Å². The Bertz CT molecular complexity index is 1470. The van der Waals surface area contributed by atoms with Crippen molar-refractivity contribution in [2.75, 3.05) is 25.0 Å². The highest BCUT2D eigenvalue weighted by Gasteiger charge is 2.44. The molecule has 5 atom stereocenters. The minimum absolute atomic E-state index is 0.0992. The Morgan fingerprint density at radius 3 is 2.58 bits per heavy atom. The first-order valence-electron chi connectivity index (χ1n) is 14.5. The normalized spacial score (nSPS) is 22.2. The van der Waals surface area contributed by atoms with Crippen LogP contribution in [0, 0.1) is 0 Å². The van der Waals surface area contributed by atoms with Crippen LogP contribution in [-0.4, -0.2) is 88.5 Å². The van der Waals surface area contributed by atoms with Crippen LogP contribution in [0.4, 0.5) is 5.69 Å². The van der Waals surface area contributed by atoms with Crippen LogP contribution in [-0.2, 0) is 25.6 Å². The summed E-state index contributed by atoms with van der Waals surface area (Å²) in [5.74, 6) is -1.56. The topological polar surface area (TPSA) is 179 Å². The lowest BCUT2D eigenvalue weighted by Crippen LogP contribution is -2.50. The van der Waals surface area contributed by atoms with Gasteiger partial charge in [0.15, 0.2) is 0 Å². The molecule has 43 heavy (non-hydrogen) atoms. The number of aryl methyl sites for hydroxylation is 1. The molecule has 2 aliphatic heterocycles. The summed E-state index contributed by atoms with van der Waals surface area (Å²) in [6.07, 6.45) is 1.63. The summed E-state index contributed by atoms with van der Waals surface area (Å²) in [5, 5.41) is 23.0. The number of nitrogens with zero attached hydrogens (tertiary/aromatic N) is 2. The molecule has 226 valence electrons. The molecule has 12 heteroatoms. The largest absolute Gasteiger partial charge is 0.383 e. The number of aliphatic hydroxyl groups excluding tert-OH is 1. The van der Waals surface area contributed by atoms with Crippen molar-refractivity contribution in [2.24, 2.45) is 5.73 Å². The van der Waals surface area contributed by atoms with Crippen LogP contribution in [0.15, 0.2) is 66.9 Å². The number of hydrogen-bond donors (Lipinski definition) is 6. The summed E-state index contributed by atoms with van der Waals surface area (Å²) in [6.45, 7) is 0.344. The number of carbonyl (C=O) groups excluding carboxylic acids is 4. The molecule has 2 aromatic carbocycles. The Morgan fingerprint density at radius 2 is 1.79 bits per heavy atom. The van der Waals surface area contributed by atoms with Crippen molar-refractivity contribution in [1.82, 2.24) is 25.8 Å². The van der Waals surface area contributed by atoms with Crippen molar-refractivity contribution in [1.29, 1.82) is 0 Å². The van der Waals surface area contributed by atoms with Crippen LogP contribution in [0.1, 0.15) is 24.8 Å². The lowest BCUT2D eigenvalue weighted by molar-refractivity contribution is -0.138. The van der Waals surface area contributed by atoms with Gasteiger partial charge in [0, 0.05) is 30.6 Å². The molecule has 12 nitrogen and oxygen atoms in total. The van der Waals surface area contributed by atoms with Gasteiger partial charge in [0.25, 0.3) is 0 Å². The fourth-order valence-corrected chi connectivity index (χ4v) is 5.69. The molecule has 0 saturated carbocycles. The van der Waals surface area contributed by atoms with Crippen molar-refractivity contribution in [2.45, 2.75) is 56.0 Å². The fraction of sp³-hybridized carbons (Fsp3) is 0.387. The van der Waals surface area contributed by atoms with Gasteiger partial charge in [-0.25, -0.2) is 0 Å². The van der Waals surface area contributed by atoms with E-state index in [2.05, 4.69) is 26.3 Å². The predicted octanol–water partition coefficient (Wildman–Crippen LogP) is 0.0581. The number of nitrogens with two attached hydrogens (primary N) is 1. The summed E-state index contributed by atoms with van der Waals surface area (Å²) in [5.41, 5.74) is 7.69. The minimum Gasteiger partial charge on any atom is -0.383 e. The van der Waals surface area contributed by atoms with E-state index in [-0.39, 0.29) is 43.8 Å². The molecule has 3 aromatic rings. The number of benzene rings is 2. The maximum atomic E-state index is 13.7. The van der Waals surface area contributed by atoms with Crippen LogP contribution in [0.5, 0.6) is 0 Å². The summed E-state index contributed by atoms with van der Waals surface area (Å²) >= 11 is 0. The quantitative estimate of drug-likeness (QED) is 0.193. The first-order chi connectivity index (χ1) is 20.8. The van der Waals surface area contributed by atoms with Gasteiger partial charge in [-0.3, -0.25) is 24.2 Å². The van der Waals surface area contributed by atoms with Gasteiger partial charge in [-0.05, 0) is 43.4 Å². The second-order valence-electron chi connectivity index (χ2n) is 11.1. The van der Waals surface area contributed by atoms with E-state index in [9.17, 15) is 24.3 Å². The van der Waals surface area contributed by atoms with Gasteiger partial charge in [-0.1, -0.05) is 48.5 Å². The minimum atomic E-state index is -1.23. The zero-order chi connectivity index (χ0) is 30.3. The van der Waals surface area contributed by atoms with Gasteiger partial charge in [-0.2, -0.15) is 0 Å². The van der Waals surface area contributed by atoms with Gasteiger partial charge in [-0.15, -0.1) is 0 Å². The number of nitrogens with one attached hydrogen (secondary N) is 4. The Hall–Kier alpha value is -4.39. The van der Waals surface area contributed by atoms with E-state index in [1.165, 1.54) is 4.90 Å². The van der Waals surface area contributed by atoms with Gasteiger partial charge >= 0.3 is 0 Å². The monoisotopic (exact) mass is 587 g/mol. The number of para-hydroxylation sites is 1. The van der Waals surface area contributed by atoms with Crippen molar-refractivity contribution in [3.8, 4) is 0 Å². The number of pyridine rings is 1. The van der Waals surface area contributed by atoms with E-state index >= 15 is 0 Å². The van der Waals surface area contributed by atoms with E-state index in [1.54, 1.807) is 6.20 Å². The van der Waals surface area contributed by atoms with Crippen molar-refractivity contribution in [3.63, 3.8) is 0 Å². The van der Waals surface area contributed by atoms with Crippen molar-refractivity contribution >= 4 is 40.2 Å². The van der Waals surface area contributed by atoms with E-state index in [4.69, 9.17) is 5.73 Å². The van der Waals surface area contributed by atoms with E-state index in [0.717, 1.165) is 16.5 Å². The molecule has 5 rings (SSSR count). The number of aliphatic hydroxyl groups is 1. The van der Waals surface area contributed by atoms with Crippen molar-refractivity contribution in [3.05, 3.63) is 72.4 Å². The second kappa shape index (κ2) is 13.7. The van der Waals surface area contributed by atoms with E-state index in [0.29, 0.717) is 25.1 Å². The second-order valence-corrected chi connectivity index (χ2v) is 11.1. The SMILES string of the molecule is NCC(=O)N[C@@H]1CN[C@H](C(=O)N2C[C@H](NC(=O)[C@H](O)CCc3ccccc3)C[C@H]2C(=O)Nc2cnc3ccccc3c2)C1. The van der Waals surface area contributed by atoms with Crippen LogP contribution in [0.2, 0.25) is 0 Å². The zero-order valence-electron chi connectivity index (χ0n) is 23.7. The highest BCUT2D eigenvalue weighted by molar-refractivity contribution is 5.99. The van der Waals surface area contributed by atoms with Gasteiger partial charge in [0.05, 0.1) is 30.0 Å². The number of amides is 4. The molecule has 7 N–H and O–H groups in total. The number of hydrogen-bond acceptors (Lipinski definition) is 8. The molecule has 2 fully saturated rings. The van der Waals surface area contributed by atoms with Gasteiger partial charge < -0.3 is 37.0 Å². The third-order valence-electron chi connectivity index (χ3n) is 7.92. The number of likely N-dealkylation sites (tertiary alicyclic amines) is 1. The molecule has 0 spiro atoms. The lowest BCUT2D eigenvalue weighted by atomic mass is 10.1. The number of carbonyl (C=O) groups is 4. The standard InChI is InChI=1S/C31H37N7O5/c32-15-28(40)35-22-13-25(34-17-22)31(43)38-18-23(37-30(42)27(39)11-10-19-6-2-1-3-7-19)14-26(38)29(41)36-21-12-20-8-4-5-9-24(20)33-16-21/h1-9,12,16,22-23,25-27,34,39H,10-11,13-15,17-18,32H2,(H,35,40)(H,36,41)(H,37,42)/t22-,23+,25-,26-,27+/m0/s1. The third kappa shape index (κ3) is 7.53. The number of rotatable bonds is 10. The summed E-state index contributed by atoms with van der Waals surface area (Å²) in [6, 6.07) is 16.6. The van der Waals surface area contributed by atoms with Gasteiger partial charge in [0.2, 0.25) is 23.6 Å². The molecular formula is C31H37N7O5. The Morgan fingerprint density at radius 1 is 1.02 bits per heavy atom.